The van der Waals surface area contributed by atoms with Crippen LogP contribution in [0.15, 0.2) is 54.6 Å². The van der Waals surface area contributed by atoms with Gasteiger partial charge < -0.3 is 14.7 Å². The smallest absolute Gasteiger partial charge is 0.242 e. The summed E-state index contributed by atoms with van der Waals surface area (Å²) in [6.07, 6.45) is 0. The molecular weight excluding hydrogens is 354 g/mol. The summed E-state index contributed by atoms with van der Waals surface area (Å²) in [6.45, 7) is 5.64. The standard InChI is InChI=1S/C22H25N3O3/c1-17(26)19-7-6-10-21(15-19)25(18(2)27)16-22(28)24-13-11-23(12-14-24)20-8-4-3-5-9-20/h3-10,15H,11-14,16H2,1-2H3. The summed E-state index contributed by atoms with van der Waals surface area (Å²) in [5, 5.41) is 0. The summed E-state index contributed by atoms with van der Waals surface area (Å²) < 4.78 is 0. The van der Waals surface area contributed by atoms with Gasteiger partial charge in [0.25, 0.3) is 0 Å². The minimum atomic E-state index is -0.225. The number of carbonyl (C=O) groups is 3. The number of amides is 2. The Hall–Kier alpha value is -3.15. The molecule has 0 radical (unpaired) electrons. The molecule has 0 aromatic heterocycles. The van der Waals surface area contributed by atoms with E-state index in [1.54, 1.807) is 29.2 Å². The highest BCUT2D eigenvalue weighted by atomic mass is 16.2. The number of carbonyl (C=O) groups excluding carboxylic acids is 3. The maximum Gasteiger partial charge on any atom is 0.242 e. The number of Topliss-reactive ketones (excluding diaryl/α,β-unsaturated/α-hetero) is 1. The molecule has 0 N–H and O–H groups in total. The van der Waals surface area contributed by atoms with Gasteiger partial charge in [-0.3, -0.25) is 14.4 Å². The molecule has 28 heavy (non-hydrogen) atoms. The summed E-state index contributed by atoms with van der Waals surface area (Å²) in [6, 6.07) is 17.0. The number of rotatable bonds is 5. The van der Waals surface area contributed by atoms with Crippen molar-refractivity contribution in [1.82, 2.24) is 4.90 Å². The molecular formula is C22H25N3O3. The topological polar surface area (TPSA) is 60.9 Å². The first-order chi connectivity index (χ1) is 13.5. The van der Waals surface area contributed by atoms with E-state index in [4.69, 9.17) is 0 Å². The SMILES string of the molecule is CC(=O)c1cccc(N(CC(=O)N2CCN(c3ccccc3)CC2)C(C)=O)c1. The number of piperazine rings is 1. The van der Waals surface area contributed by atoms with Gasteiger partial charge in [0.2, 0.25) is 11.8 Å². The van der Waals surface area contributed by atoms with E-state index in [9.17, 15) is 14.4 Å². The fourth-order valence-electron chi connectivity index (χ4n) is 3.37. The number of anilines is 2. The minimum Gasteiger partial charge on any atom is -0.368 e. The van der Waals surface area contributed by atoms with Crippen LogP contribution in [0.1, 0.15) is 24.2 Å². The van der Waals surface area contributed by atoms with Crippen LogP contribution in [-0.2, 0) is 9.59 Å². The lowest BCUT2D eigenvalue weighted by atomic mass is 10.1. The molecule has 1 heterocycles. The van der Waals surface area contributed by atoms with Gasteiger partial charge in [-0.1, -0.05) is 30.3 Å². The van der Waals surface area contributed by atoms with E-state index < -0.39 is 0 Å². The quantitative estimate of drug-likeness (QED) is 0.749. The van der Waals surface area contributed by atoms with E-state index >= 15 is 0 Å². The molecule has 3 rings (SSSR count). The van der Waals surface area contributed by atoms with Gasteiger partial charge in [-0.05, 0) is 31.2 Å². The van der Waals surface area contributed by atoms with Gasteiger partial charge in [0.15, 0.2) is 5.78 Å². The first-order valence-electron chi connectivity index (χ1n) is 9.42. The molecule has 0 bridgehead atoms. The third-order valence-corrected chi connectivity index (χ3v) is 4.99. The summed E-state index contributed by atoms with van der Waals surface area (Å²) in [5.74, 6) is -0.387. The van der Waals surface area contributed by atoms with E-state index in [-0.39, 0.29) is 24.1 Å². The monoisotopic (exact) mass is 379 g/mol. The summed E-state index contributed by atoms with van der Waals surface area (Å²) in [7, 11) is 0. The fourth-order valence-corrected chi connectivity index (χ4v) is 3.37. The minimum absolute atomic E-state index is 0.0258. The van der Waals surface area contributed by atoms with Crippen LogP contribution < -0.4 is 9.80 Å². The number of nitrogens with zero attached hydrogens (tertiary/aromatic N) is 3. The van der Waals surface area contributed by atoms with Crippen LogP contribution in [0, 0.1) is 0 Å². The number of para-hydroxylation sites is 1. The van der Waals surface area contributed by atoms with Crippen LogP contribution in [0.5, 0.6) is 0 Å². The second-order valence-corrected chi connectivity index (χ2v) is 6.92. The molecule has 0 saturated carbocycles. The third-order valence-electron chi connectivity index (χ3n) is 4.99. The second-order valence-electron chi connectivity index (χ2n) is 6.92. The molecule has 2 aromatic carbocycles. The Morgan fingerprint density at radius 2 is 1.57 bits per heavy atom. The van der Waals surface area contributed by atoms with Crippen LogP contribution >= 0.6 is 0 Å². The molecule has 0 atom stereocenters. The van der Waals surface area contributed by atoms with Crippen LogP contribution in [0.4, 0.5) is 11.4 Å². The van der Waals surface area contributed by atoms with Crippen molar-refractivity contribution in [3.8, 4) is 0 Å². The molecule has 0 spiro atoms. The van der Waals surface area contributed by atoms with Gasteiger partial charge in [-0.2, -0.15) is 0 Å². The number of hydrogen-bond acceptors (Lipinski definition) is 4. The Balaban J connectivity index is 1.65. The van der Waals surface area contributed by atoms with Gasteiger partial charge in [-0.25, -0.2) is 0 Å². The molecule has 2 aromatic rings. The molecule has 1 fully saturated rings. The molecule has 1 saturated heterocycles. The first kappa shape index (κ1) is 19.6. The Labute approximate surface area is 165 Å². The number of benzene rings is 2. The zero-order chi connectivity index (χ0) is 20.1. The zero-order valence-corrected chi connectivity index (χ0v) is 16.3. The van der Waals surface area contributed by atoms with Crippen molar-refractivity contribution in [1.29, 1.82) is 0 Å². The maximum absolute atomic E-state index is 12.8. The van der Waals surface area contributed by atoms with Gasteiger partial charge in [0.05, 0.1) is 0 Å². The highest BCUT2D eigenvalue weighted by molar-refractivity contribution is 6.00. The molecule has 0 aliphatic carbocycles. The van der Waals surface area contributed by atoms with Crippen molar-refractivity contribution in [2.24, 2.45) is 0 Å². The first-order valence-corrected chi connectivity index (χ1v) is 9.42. The van der Waals surface area contributed by atoms with E-state index in [1.165, 1.54) is 18.7 Å². The van der Waals surface area contributed by atoms with Gasteiger partial charge in [0.1, 0.15) is 6.54 Å². The van der Waals surface area contributed by atoms with E-state index in [0.717, 1.165) is 18.8 Å². The van der Waals surface area contributed by atoms with Crippen molar-refractivity contribution >= 4 is 29.0 Å². The maximum atomic E-state index is 12.8. The third kappa shape index (κ3) is 4.57. The van der Waals surface area contributed by atoms with Crippen LogP contribution in [0.25, 0.3) is 0 Å². The zero-order valence-electron chi connectivity index (χ0n) is 16.3. The highest BCUT2D eigenvalue weighted by Gasteiger charge is 2.24. The average Bonchev–Trinajstić information content (AvgIpc) is 2.72. The lowest BCUT2D eigenvalue weighted by Crippen LogP contribution is -2.51. The predicted octanol–water partition coefficient (Wildman–Crippen LogP) is 2.59. The normalized spacial score (nSPS) is 13.9. The van der Waals surface area contributed by atoms with Crippen LogP contribution in [0.2, 0.25) is 0 Å². The van der Waals surface area contributed by atoms with Crippen molar-refractivity contribution in [2.75, 3.05) is 42.5 Å². The second kappa shape index (κ2) is 8.69. The van der Waals surface area contributed by atoms with Crippen molar-refractivity contribution in [3.05, 3.63) is 60.2 Å². The average molecular weight is 379 g/mol. The van der Waals surface area contributed by atoms with E-state index in [1.807, 2.05) is 18.2 Å². The van der Waals surface area contributed by atoms with Crippen LogP contribution in [-0.4, -0.2) is 55.2 Å². The molecule has 1 aliphatic heterocycles. The molecule has 6 nitrogen and oxygen atoms in total. The summed E-state index contributed by atoms with van der Waals surface area (Å²) in [5.41, 5.74) is 2.24. The molecule has 0 unspecified atom stereocenters. The Morgan fingerprint density at radius 1 is 0.893 bits per heavy atom. The van der Waals surface area contributed by atoms with Crippen LogP contribution in [0.3, 0.4) is 0 Å². The van der Waals surface area contributed by atoms with Crippen molar-refractivity contribution in [2.45, 2.75) is 13.8 Å². The van der Waals surface area contributed by atoms with Crippen molar-refractivity contribution < 1.29 is 14.4 Å². The number of ketones is 1. The lowest BCUT2D eigenvalue weighted by Gasteiger charge is -2.37. The van der Waals surface area contributed by atoms with E-state index in [0.29, 0.717) is 24.3 Å². The van der Waals surface area contributed by atoms with E-state index in [2.05, 4.69) is 17.0 Å². The molecule has 1 aliphatic rings. The number of hydrogen-bond donors (Lipinski definition) is 0. The Bertz CT molecular complexity index is 858. The van der Waals surface area contributed by atoms with Gasteiger partial charge in [-0.15, -0.1) is 0 Å². The van der Waals surface area contributed by atoms with Gasteiger partial charge >= 0.3 is 0 Å². The Kier molecular flexibility index (Phi) is 6.09. The van der Waals surface area contributed by atoms with Crippen molar-refractivity contribution in [3.63, 3.8) is 0 Å². The summed E-state index contributed by atoms with van der Waals surface area (Å²) in [4.78, 5) is 42.0. The molecule has 146 valence electrons. The molecule has 6 heteroatoms. The fraction of sp³-hybridized carbons (Fsp3) is 0.318. The largest absolute Gasteiger partial charge is 0.368 e. The highest BCUT2D eigenvalue weighted by Crippen LogP contribution is 2.19. The molecule has 2 amide bonds. The van der Waals surface area contributed by atoms with Gasteiger partial charge in [0, 0.05) is 50.0 Å². The Morgan fingerprint density at radius 3 is 2.18 bits per heavy atom. The lowest BCUT2D eigenvalue weighted by molar-refractivity contribution is -0.131. The predicted molar refractivity (Wildman–Crippen MR) is 110 cm³/mol. The summed E-state index contributed by atoms with van der Waals surface area (Å²) >= 11 is 0.